The lowest BCUT2D eigenvalue weighted by atomic mass is 9.98. The lowest BCUT2D eigenvalue weighted by Gasteiger charge is -2.15. The topological polar surface area (TPSA) is 34.9 Å². The molecular weight excluding hydrogens is 396 g/mol. The maximum Gasteiger partial charge on any atom is 0.266 e. The van der Waals surface area contributed by atoms with Crippen molar-refractivity contribution in [2.75, 3.05) is 17.8 Å². The number of fused-ring (bicyclic) bond motifs is 1. The van der Waals surface area contributed by atoms with Crippen molar-refractivity contribution in [2.24, 2.45) is 0 Å². The fraction of sp³-hybridized carbons (Fsp3) is 0.333. The van der Waals surface area contributed by atoms with E-state index in [-0.39, 0.29) is 5.56 Å². The minimum absolute atomic E-state index is 0.0559. The molecule has 1 heterocycles. The number of aromatic nitrogens is 2. The third-order valence-electron chi connectivity index (χ3n) is 4.65. The standard InChI is InChI=1S/C21H23ClN2OS2/c1-4-14(2)15-5-8-17(9-6-15)24-20(25)18-10-7-16(22)13-19(18)23-21(24)27-12-11-26-3/h5-10,13-14H,4,11-12H2,1-3H3/t14-/m1/s1. The van der Waals surface area contributed by atoms with Gasteiger partial charge in [-0.25, -0.2) is 4.98 Å². The van der Waals surface area contributed by atoms with Crippen LogP contribution in [0.5, 0.6) is 0 Å². The van der Waals surface area contributed by atoms with Gasteiger partial charge < -0.3 is 0 Å². The highest BCUT2D eigenvalue weighted by molar-refractivity contribution is 8.02. The second-order valence-electron chi connectivity index (χ2n) is 6.44. The summed E-state index contributed by atoms with van der Waals surface area (Å²) in [5, 5.41) is 1.88. The van der Waals surface area contributed by atoms with Gasteiger partial charge in [-0.1, -0.05) is 49.3 Å². The molecule has 0 N–H and O–H groups in total. The fourth-order valence-electron chi connectivity index (χ4n) is 2.87. The Morgan fingerprint density at radius 3 is 2.56 bits per heavy atom. The second-order valence-corrected chi connectivity index (χ2v) is 8.92. The molecule has 0 radical (unpaired) electrons. The summed E-state index contributed by atoms with van der Waals surface area (Å²) in [6, 6.07) is 13.5. The van der Waals surface area contributed by atoms with Crippen molar-refractivity contribution < 1.29 is 0 Å². The van der Waals surface area contributed by atoms with E-state index in [1.807, 2.05) is 12.1 Å². The van der Waals surface area contributed by atoms with E-state index in [4.69, 9.17) is 16.6 Å². The Kier molecular flexibility index (Phi) is 6.90. The highest BCUT2D eigenvalue weighted by Crippen LogP contribution is 2.25. The zero-order chi connectivity index (χ0) is 19.4. The summed E-state index contributed by atoms with van der Waals surface area (Å²) < 4.78 is 1.72. The number of halogens is 1. The SMILES string of the molecule is CC[C@@H](C)c1ccc(-n2c(SCCSC)nc3cc(Cl)ccc3c2=O)cc1. The molecule has 3 aromatic rings. The Hall–Kier alpha value is -1.43. The summed E-state index contributed by atoms with van der Waals surface area (Å²) in [5.41, 5.74) is 2.72. The van der Waals surface area contributed by atoms with Crippen LogP contribution in [0, 0.1) is 0 Å². The molecule has 0 unspecified atom stereocenters. The molecule has 27 heavy (non-hydrogen) atoms. The van der Waals surface area contributed by atoms with Crippen LogP contribution >= 0.6 is 35.1 Å². The summed E-state index contributed by atoms with van der Waals surface area (Å²) in [7, 11) is 0. The quantitative estimate of drug-likeness (QED) is 0.267. The van der Waals surface area contributed by atoms with Crippen LogP contribution in [0.15, 0.2) is 52.4 Å². The highest BCUT2D eigenvalue weighted by atomic mass is 35.5. The molecule has 0 bridgehead atoms. The van der Waals surface area contributed by atoms with Crippen LogP contribution < -0.4 is 5.56 Å². The minimum Gasteiger partial charge on any atom is -0.268 e. The van der Waals surface area contributed by atoms with Crippen molar-refractivity contribution in [1.29, 1.82) is 0 Å². The Morgan fingerprint density at radius 2 is 1.89 bits per heavy atom. The summed E-state index contributed by atoms with van der Waals surface area (Å²) in [4.78, 5) is 18.0. The Morgan fingerprint density at radius 1 is 1.15 bits per heavy atom. The first kappa shape index (κ1) is 20.3. The number of thioether (sulfide) groups is 2. The molecule has 0 spiro atoms. The van der Waals surface area contributed by atoms with Gasteiger partial charge >= 0.3 is 0 Å². The van der Waals surface area contributed by atoms with E-state index in [1.165, 1.54) is 5.56 Å². The third-order valence-corrected chi connectivity index (χ3v) is 6.70. The molecule has 3 rings (SSSR count). The molecule has 0 aliphatic carbocycles. The van der Waals surface area contributed by atoms with Gasteiger partial charge in [0.25, 0.3) is 5.56 Å². The molecule has 0 saturated carbocycles. The predicted molar refractivity (Wildman–Crippen MR) is 120 cm³/mol. The van der Waals surface area contributed by atoms with E-state index in [1.54, 1.807) is 46.3 Å². The zero-order valence-electron chi connectivity index (χ0n) is 15.7. The maximum atomic E-state index is 13.2. The molecule has 0 fully saturated rings. The maximum absolute atomic E-state index is 13.2. The molecule has 1 aromatic heterocycles. The van der Waals surface area contributed by atoms with E-state index < -0.39 is 0 Å². The number of hydrogen-bond donors (Lipinski definition) is 0. The van der Waals surface area contributed by atoms with Crippen molar-refractivity contribution in [1.82, 2.24) is 9.55 Å². The largest absolute Gasteiger partial charge is 0.268 e. The molecule has 2 aromatic carbocycles. The zero-order valence-corrected chi connectivity index (χ0v) is 18.1. The van der Waals surface area contributed by atoms with Crippen molar-refractivity contribution in [3.05, 3.63) is 63.4 Å². The monoisotopic (exact) mass is 418 g/mol. The minimum atomic E-state index is -0.0559. The summed E-state index contributed by atoms with van der Waals surface area (Å²) >= 11 is 9.50. The third kappa shape index (κ3) is 4.53. The Balaban J connectivity index is 2.13. The molecule has 0 aliphatic heterocycles. The van der Waals surface area contributed by atoms with Crippen molar-refractivity contribution >= 4 is 46.0 Å². The lowest BCUT2D eigenvalue weighted by Crippen LogP contribution is -2.22. The van der Waals surface area contributed by atoms with E-state index in [0.717, 1.165) is 23.6 Å². The van der Waals surface area contributed by atoms with Crippen molar-refractivity contribution in [3.8, 4) is 5.69 Å². The molecule has 3 nitrogen and oxygen atoms in total. The molecule has 0 saturated heterocycles. The van der Waals surface area contributed by atoms with Crippen LogP contribution in [0.25, 0.3) is 16.6 Å². The van der Waals surface area contributed by atoms with Gasteiger partial charge in [-0.2, -0.15) is 11.8 Å². The Bertz CT molecular complexity index is 986. The van der Waals surface area contributed by atoms with Crippen LogP contribution in [-0.2, 0) is 0 Å². The van der Waals surface area contributed by atoms with Gasteiger partial charge in [0, 0.05) is 16.5 Å². The van der Waals surface area contributed by atoms with Crippen molar-refractivity contribution in [2.45, 2.75) is 31.3 Å². The van der Waals surface area contributed by atoms with E-state index in [2.05, 4.69) is 32.2 Å². The van der Waals surface area contributed by atoms with Gasteiger partial charge in [0.05, 0.1) is 16.6 Å². The average Bonchev–Trinajstić information content (AvgIpc) is 2.67. The predicted octanol–water partition coefficient (Wildman–Crippen LogP) is 6.01. The first-order chi connectivity index (χ1) is 13.0. The Labute approximate surface area is 173 Å². The first-order valence-corrected chi connectivity index (χ1v) is 11.7. The van der Waals surface area contributed by atoms with Crippen LogP contribution in [-0.4, -0.2) is 27.3 Å². The van der Waals surface area contributed by atoms with Crippen LogP contribution in [0.3, 0.4) is 0 Å². The van der Waals surface area contributed by atoms with Gasteiger partial charge in [-0.15, -0.1) is 0 Å². The number of nitrogens with zero attached hydrogens (tertiary/aromatic N) is 2. The fourth-order valence-corrected chi connectivity index (χ4v) is 4.70. The number of rotatable bonds is 7. The normalized spacial score (nSPS) is 12.4. The number of hydrogen-bond acceptors (Lipinski definition) is 4. The van der Waals surface area contributed by atoms with E-state index >= 15 is 0 Å². The van der Waals surface area contributed by atoms with Gasteiger partial charge in [-0.3, -0.25) is 9.36 Å². The summed E-state index contributed by atoms with van der Waals surface area (Å²) in [5.74, 6) is 2.40. The molecular formula is C21H23ClN2OS2. The number of benzene rings is 2. The van der Waals surface area contributed by atoms with Crippen LogP contribution in [0.2, 0.25) is 5.02 Å². The summed E-state index contributed by atoms with van der Waals surface area (Å²) in [6.07, 6.45) is 3.17. The summed E-state index contributed by atoms with van der Waals surface area (Å²) in [6.45, 7) is 4.40. The molecule has 1 atom stereocenters. The molecule has 142 valence electrons. The van der Waals surface area contributed by atoms with Gasteiger partial charge in [0.2, 0.25) is 0 Å². The van der Waals surface area contributed by atoms with E-state index in [9.17, 15) is 4.79 Å². The molecule has 6 heteroatoms. The average molecular weight is 419 g/mol. The van der Waals surface area contributed by atoms with Gasteiger partial charge in [0.15, 0.2) is 5.16 Å². The smallest absolute Gasteiger partial charge is 0.266 e. The lowest BCUT2D eigenvalue weighted by molar-refractivity contribution is 0.732. The van der Waals surface area contributed by atoms with E-state index in [0.29, 0.717) is 27.0 Å². The second kappa shape index (κ2) is 9.18. The van der Waals surface area contributed by atoms with Gasteiger partial charge in [0.1, 0.15) is 0 Å². The van der Waals surface area contributed by atoms with Crippen LogP contribution in [0.1, 0.15) is 31.7 Å². The van der Waals surface area contributed by atoms with Crippen molar-refractivity contribution in [3.63, 3.8) is 0 Å². The van der Waals surface area contributed by atoms with Crippen LogP contribution in [0.4, 0.5) is 0 Å². The molecule has 0 amide bonds. The van der Waals surface area contributed by atoms with Gasteiger partial charge in [-0.05, 0) is 54.5 Å². The molecule has 0 aliphatic rings. The first-order valence-electron chi connectivity index (χ1n) is 8.99. The highest BCUT2D eigenvalue weighted by Gasteiger charge is 2.14.